The summed E-state index contributed by atoms with van der Waals surface area (Å²) in [6.07, 6.45) is 1.56. The number of guanidine groups is 1. The zero-order valence-corrected chi connectivity index (χ0v) is 9.64. The van der Waals surface area contributed by atoms with Crippen molar-refractivity contribution in [3.05, 3.63) is 29.6 Å². The Balaban J connectivity index is 3.03. The molecule has 5 N–H and O–H groups in total. The van der Waals surface area contributed by atoms with Gasteiger partial charge in [-0.3, -0.25) is 10.4 Å². The Kier molecular flexibility index (Phi) is 4.15. The van der Waals surface area contributed by atoms with Crippen LogP contribution < -0.4 is 11.5 Å². The van der Waals surface area contributed by atoms with Crippen molar-refractivity contribution in [3.8, 4) is 0 Å². The molecular formula is C10H14N6O. The molecule has 0 aliphatic heterocycles. The molecule has 1 aromatic rings. The van der Waals surface area contributed by atoms with Crippen LogP contribution in [0.4, 0.5) is 0 Å². The fourth-order valence-electron chi connectivity index (χ4n) is 1.07. The van der Waals surface area contributed by atoms with Gasteiger partial charge in [0.1, 0.15) is 0 Å². The Morgan fingerprint density at radius 3 is 2.71 bits per heavy atom. The van der Waals surface area contributed by atoms with E-state index in [0.717, 1.165) is 0 Å². The molecule has 0 unspecified atom stereocenters. The highest BCUT2D eigenvalue weighted by atomic mass is 16.5. The van der Waals surface area contributed by atoms with Crippen LogP contribution in [0.5, 0.6) is 0 Å². The topological polar surface area (TPSA) is 123 Å². The number of methoxy groups -OCH3 is 1. The van der Waals surface area contributed by atoms with Crippen molar-refractivity contribution in [1.29, 1.82) is 5.41 Å². The number of ether oxygens (including phenoxy) is 1. The van der Waals surface area contributed by atoms with Crippen molar-refractivity contribution < 1.29 is 4.74 Å². The lowest BCUT2D eigenvalue weighted by atomic mass is 10.2. The molecule has 0 bridgehead atoms. The monoisotopic (exact) mass is 234 g/mol. The van der Waals surface area contributed by atoms with Gasteiger partial charge >= 0.3 is 0 Å². The van der Waals surface area contributed by atoms with Gasteiger partial charge in [0.15, 0.2) is 0 Å². The highest BCUT2D eigenvalue weighted by Gasteiger charge is 2.05. The van der Waals surface area contributed by atoms with Gasteiger partial charge in [0, 0.05) is 11.8 Å². The van der Waals surface area contributed by atoms with Crippen LogP contribution in [-0.2, 0) is 4.74 Å². The maximum atomic E-state index is 7.53. The first-order valence-corrected chi connectivity index (χ1v) is 4.77. The van der Waals surface area contributed by atoms with Crippen LogP contribution in [0.25, 0.3) is 0 Å². The second kappa shape index (κ2) is 5.59. The van der Waals surface area contributed by atoms with Gasteiger partial charge in [-0.05, 0) is 19.1 Å². The Morgan fingerprint density at radius 1 is 1.41 bits per heavy atom. The molecule has 90 valence electrons. The number of pyridine rings is 1. The zero-order chi connectivity index (χ0) is 12.8. The Labute approximate surface area is 98.7 Å². The second-order valence-electron chi connectivity index (χ2n) is 3.17. The molecule has 7 heteroatoms. The highest BCUT2D eigenvalue weighted by molar-refractivity contribution is 6.00. The van der Waals surface area contributed by atoms with Crippen LogP contribution >= 0.6 is 0 Å². The Morgan fingerprint density at radius 2 is 2.12 bits per heavy atom. The van der Waals surface area contributed by atoms with E-state index in [-0.39, 0.29) is 11.9 Å². The largest absolute Gasteiger partial charge is 0.481 e. The van der Waals surface area contributed by atoms with Crippen molar-refractivity contribution in [2.75, 3.05) is 7.11 Å². The van der Waals surface area contributed by atoms with Crippen molar-refractivity contribution in [1.82, 2.24) is 4.98 Å². The minimum Gasteiger partial charge on any atom is -0.481 e. The van der Waals surface area contributed by atoms with Gasteiger partial charge < -0.3 is 16.2 Å². The molecule has 0 saturated heterocycles. The van der Waals surface area contributed by atoms with Crippen molar-refractivity contribution in [2.45, 2.75) is 6.92 Å². The summed E-state index contributed by atoms with van der Waals surface area (Å²) < 4.78 is 4.82. The van der Waals surface area contributed by atoms with Crippen LogP contribution in [0, 0.1) is 5.41 Å². The molecule has 0 atom stereocenters. The third-order valence-electron chi connectivity index (χ3n) is 1.91. The molecule has 1 rings (SSSR count). The lowest BCUT2D eigenvalue weighted by molar-refractivity contribution is 0.401. The van der Waals surface area contributed by atoms with E-state index in [9.17, 15) is 0 Å². The van der Waals surface area contributed by atoms with E-state index in [1.54, 1.807) is 25.3 Å². The average molecular weight is 234 g/mol. The number of aromatic nitrogens is 1. The molecule has 1 heterocycles. The molecule has 0 aliphatic carbocycles. The predicted octanol–water partition coefficient (Wildman–Crippen LogP) is 0.0508. The van der Waals surface area contributed by atoms with Gasteiger partial charge in [-0.1, -0.05) is 0 Å². The molecule has 17 heavy (non-hydrogen) atoms. The van der Waals surface area contributed by atoms with Crippen LogP contribution in [-0.4, -0.2) is 29.7 Å². The van der Waals surface area contributed by atoms with Gasteiger partial charge in [0.05, 0.1) is 18.5 Å². The lowest BCUT2D eigenvalue weighted by Crippen LogP contribution is -2.22. The number of nitrogens with two attached hydrogens (primary N) is 2. The van der Waals surface area contributed by atoms with Crippen LogP contribution in [0.2, 0.25) is 0 Å². The number of hydrogen-bond acceptors (Lipinski definition) is 5. The van der Waals surface area contributed by atoms with E-state index in [0.29, 0.717) is 17.0 Å². The molecule has 0 radical (unpaired) electrons. The van der Waals surface area contributed by atoms with E-state index in [4.69, 9.17) is 21.6 Å². The predicted molar refractivity (Wildman–Crippen MR) is 66.1 cm³/mol. The van der Waals surface area contributed by atoms with Gasteiger partial charge in [-0.15, -0.1) is 5.10 Å². The quantitative estimate of drug-likeness (QED) is 0.388. The third-order valence-corrected chi connectivity index (χ3v) is 1.91. The summed E-state index contributed by atoms with van der Waals surface area (Å²) in [5.41, 5.74) is 12.1. The van der Waals surface area contributed by atoms with E-state index >= 15 is 0 Å². The van der Waals surface area contributed by atoms with Crippen LogP contribution in [0.15, 0.2) is 28.5 Å². The van der Waals surface area contributed by atoms with Crippen LogP contribution in [0.3, 0.4) is 0 Å². The first-order chi connectivity index (χ1) is 8.04. The van der Waals surface area contributed by atoms with Gasteiger partial charge in [-0.25, -0.2) is 0 Å². The van der Waals surface area contributed by atoms with Gasteiger partial charge in [0.25, 0.3) is 0 Å². The molecule has 0 aliphatic rings. The highest BCUT2D eigenvalue weighted by Crippen LogP contribution is 2.05. The van der Waals surface area contributed by atoms with E-state index < -0.39 is 0 Å². The SMILES string of the molecule is COC(=N)c1ccnc(/C(C)=N/N=C(N)N)c1. The van der Waals surface area contributed by atoms with E-state index in [2.05, 4.69) is 15.2 Å². The first-order valence-electron chi connectivity index (χ1n) is 4.77. The summed E-state index contributed by atoms with van der Waals surface area (Å²) in [4.78, 5) is 4.10. The minimum absolute atomic E-state index is 0.0586. The number of nitrogens with zero attached hydrogens (tertiary/aromatic N) is 3. The standard InChI is InChI=1S/C10H14N6O/c1-6(15-16-10(12)13)8-5-7(3-4-14-8)9(11)17-2/h3-5,11H,1-2H3,(H4,12,13,16)/b11-9?,15-6+. The molecule has 0 amide bonds. The van der Waals surface area contributed by atoms with E-state index in [1.165, 1.54) is 7.11 Å². The summed E-state index contributed by atoms with van der Waals surface area (Å²) in [5.74, 6) is -0.0616. The minimum atomic E-state index is -0.120. The summed E-state index contributed by atoms with van der Waals surface area (Å²) in [7, 11) is 1.43. The summed E-state index contributed by atoms with van der Waals surface area (Å²) in [6.45, 7) is 1.72. The van der Waals surface area contributed by atoms with E-state index in [1.807, 2.05) is 0 Å². The van der Waals surface area contributed by atoms with Gasteiger partial charge in [0.2, 0.25) is 11.9 Å². The smallest absolute Gasteiger partial charge is 0.213 e. The first kappa shape index (κ1) is 12.6. The normalized spacial score (nSPS) is 10.8. The number of rotatable bonds is 3. The molecule has 1 aromatic heterocycles. The maximum Gasteiger partial charge on any atom is 0.213 e. The maximum absolute atomic E-state index is 7.53. The summed E-state index contributed by atoms with van der Waals surface area (Å²) in [6, 6.07) is 3.34. The molecule has 0 fully saturated rings. The van der Waals surface area contributed by atoms with Crippen molar-refractivity contribution >= 4 is 17.6 Å². The Hall–Kier alpha value is -2.44. The fourth-order valence-corrected chi connectivity index (χ4v) is 1.07. The molecule has 0 spiro atoms. The molecule has 7 nitrogen and oxygen atoms in total. The molecule has 0 aromatic carbocycles. The summed E-state index contributed by atoms with van der Waals surface area (Å²) in [5, 5.41) is 14.9. The zero-order valence-electron chi connectivity index (χ0n) is 9.64. The number of hydrogen-bond donors (Lipinski definition) is 3. The third kappa shape index (κ3) is 3.56. The fraction of sp³-hybridized carbons (Fsp3) is 0.200. The van der Waals surface area contributed by atoms with Crippen molar-refractivity contribution in [3.63, 3.8) is 0 Å². The average Bonchev–Trinajstić information content (AvgIpc) is 2.35. The van der Waals surface area contributed by atoms with Gasteiger partial charge in [-0.2, -0.15) is 5.10 Å². The van der Waals surface area contributed by atoms with Crippen molar-refractivity contribution in [2.24, 2.45) is 21.7 Å². The lowest BCUT2D eigenvalue weighted by Gasteiger charge is -2.03. The number of nitrogens with one attached hydrogen (secondary N) is 1. The summed E-state index contributed by atoms with van der Waals surface area (Å²) >= 11 is 0. The Bertz CT molecular complexity index is 475. The molecule has 0 saturated carbocycles. The van der Waals surface area contributed by atoms with Crippen LogP contribution in [0.1, 0.15) is 18.2 Å². The molecular weight excluding hydrogens is 220 g/mol. The second-order valence-corrected chi connectivity index (χ2v) is 3.17.